The molecule has 0 bridgehead atoms. The summed E-state index contributed by atoms with van der Waals surface area (Å²) in [5.41, 5.74) is 0.718. The molecule has 1 aliphatic rings. The van der Waals surface area contributed by atoms with Crippen molar-refractivity contribution >= 4 is 33.3 Å². The van der Waals surface area contributed by atoms with Crippen LogP contribution in [0.15, 0.2) is 47.5 Å². The fourth-order valence-electron chi connectivity index (χ4n) is 2.53. The summed E-state index contributed by atoms with van der Waals surface area (Å²) in [5, 5.41) is 0.170. The summed E-state index contributed by atoms with van der Waals surface area (Å²) in [6, 6.07) is 9.69. The maximum Gasteiger partial charge on any atom is 0.242 e. The highest BCUT2D eigenvalue weighted by Gasteiger charge is 2.23. The van der Waals surface area contributed by atoms with Crippen molar-refractivity contribution < 1.29 is 13.2 Å². The maximum absolute atomic E-state index is 12.3. The zero-order valence-electron chi connectivity index (χ0n) is 12.8. The van der Waals surface area contributed by atoms with Gasteiger partial charge in [0.2, 0.25) is 15.9 Å². The van der Waals surface area contributed by atoms with Crippen molar-refractivity contribution in [3.05, 3.63) is 53.2 Å². The van der Waals surface area contributed by atoms with Gasteiger partial charge in [-0.15, -0.1) is 0 Å². The Labute approximate surface area is 145 Å². The highest BCUT2D eigenvalue weighted by Crippen LogP contribution is 2.22. The summed E-state index contributed by atoms with van der Waals surface area (Å²) >= 11 is 5.94. The second kappa shape index (κ2) is 6.88. The Morgan fingerprint density at radius 1 is 1.25 bits per heavy atom. The molecule has 2 aromatic rings. The number of nitrogens with one attached hydrogen (secondary N) is 1. The number of amides is 1. The quantitative estimate of drug-likeness (QED) is 0.882. The molecule has 0 spiro atoms. The molecule has 2 heterocycles. The van der Waals surface area contributed by atoms with E-state index in [1.807, 2.05) is 0 Å². The lowest BCUT2D eigenvalue weighted by molar-refractivity contribution is -0.117. The highest BCUT2D eigenvalue weighted by atomic mass is 35.5. The number of halogens is 1. The number of carbonyl (C=O) groups excluding carboxylic acids is 1. The molecule has 1 N–H and O–H groups in total. The lowest BCUT2D eigenvalue weighted by atomic mass is 10.2. The molecule has 1 saturated heterocycles. The molecular formula is C16H16ClN3O3S. The van der Waals surface area contributed by atoms with Crippen molar-refractivity contribution in [3.8, 4) is 0 Å². The SMILES string of the molecule is O=C1CCCN1c1cc(CNS(=O)(=O)c2ccccc2Cl)ccn1. The predicted molar refractivity (Wildman–Crippen MR) is 91.3 cm³/mol. The van der Waals surface area contributed by atoms with Crippen LogP contribution in [0.4, 0.5) is 5.82 Å². The second-order valence-electron chi connectivity index (χ2n) is 5.43. The number of anilines is 1. The fourth-order valence-corrected chi connectivity index (χ4v) is 4.06. The molecule has 1 amide bonds. The van der Waals surface area contributed by atoms with E-state index >= 15 is 0 Å². The van der Waals surface area contributed by atoms with Gasteiger partial charge in [-0.05, 0) is 36.2 Å². The fraction of sp³-hybridized carbons (Fsp3) is 0.250. The van der Waals surface area contributed by atoms with Gasteiger partial charge in [-0.2, -0.15) is 0 Å². The number of carbonyl (C=O) groups is 1. The first kappa shape index (κ1) is 16.9. The third-order valence-corrected chi connectivity index (χ3v) is 5.65. The summed E-state index contributed by atoms with van der Waals surface area (Å²) < 4.78 is 27.2. The molecule has 0 saturated carbocycles. The number of sulfonamides is 1. The molecule has 1 aromatic heterocycles. The standard InChI is InChI=1S/C16H16ClN3O3S/c17-13-4-1-2-5-14(13)24(22,23)19-11-12-7-8-18-15(10-12)20-9-3-6-16(20)21/h1-2,4-5,7-8,10,19H,3,6,9,11H2. The minimum Gasteiger partial charge on any atom is -0.297 e. The van der Waals surface area contributed by atoms with Crippen LogP contribution in [0.1, 0.15) is 18.4 Å². The van der Waals surface area contributed by atoms with Gasteiger partial charge in [-0.25, -0.2) is 18.1 Å². The molecule has 0 atom stereocenters. The predicted octanol–water partition coefficient (Wildman–Crippen LogP) is 2.34. The van der Waals surface area contributed by atoms with Crippen molar-refractivity contribution in [2.24, 2.45) is 0 Å². The van der Waals surface area contributed by atoms with Gasteiger partial charge >= 0.3 is 0 Å². The smallest absolute Gasteiger partial charge is 0.242 e. The van der Waals surface area contributed by atoms with Gasteiger partial charge < -0.3 is 0 Å². The van der Waals surface area contributed by atoms with E-state index in [0.717, 1.165) is 12.0 Å². The lowest BCUT2D eigenvalue weighted by Gasteiger charge is -2.15. The van der Waals surface area contributed by atoms with Gasteiger partial charge in [-0.1, -0.05) is 23.7 Å². The van der Waals surface area contributed by atoms with Gasteiger partial charge in [0.05, 0.1) is 5.02 Å². The van der Waals surface area contributed by atoms with E-state index in [1.165, 1.54) is 12.1 Å². The lowest BCUT2D eigenvalue weighted by Crippen LogP contribution is -2.26. The van der Waals surface area contributed by atoms with Crippen LogP contribution in [0.3, 0.4) is 0 Å². The average Bonchev–Trinajstić information content (AvgIpc) is 3.00. The van der Waals surface area contributed by atoms with Crippen LogP contribution in [0, 0.1) is 0 Å². The summed E-state index contributed by atoms with van der Waals surface area (Å²) in [7, 11) is -3.71. The summed E-state index contributed by atoms with van der Waals surface area (Å²) in [4.78, 5) is 17.6. The third-order valence-electron chi connectivity index (χ3n) is 3.75. The second-order valence-corrected chi connectivity index (χ2v) is 7.57. The van der Waals surface area contributed by atoms with Crippen LogP contribution in [0.2, 0.25) is 5.02 Å². The zero-order chi connectivity index (χ0) is 17.2. The summed E-state index contributed by atoms with van der Waals surface area (Å²) in [6.45, 7) is 0.728. The maximum atomic E-state index is 12.3. The Morgan fingerprint density at radius 3 is 2.75 bits per heavy atom. The van der Waals surface area contributed by atoms with Gasteiger partial charge in [0.15, 0.2) is 0 Å². The highest BCUT2D eigenvalue weighted by molar-refractivity contribution is 7.89. The monoisotopic (exact) mass is 365 g/mol. The molecule has 1 aliphatic heterocycles. The molecule has 8 heteroatoms. The summed E-state index contributed by atoms with van der Waals surface area (Å²) in [5.74, 6) is 0.586. The Morgan fingerprint density at radius 2 is 2.04 bits per heavy atom. The first-order valence-corrected chi connectivity index (χ1v) is 9.33. The number of hydrogen-bond donors (Lipinski definition) is 1. The van der Waals surface area contributed by atoms with E-state index in [4.69, 9.17) is 11.6 Å². The van der Waals surface area contributed by atoms with Crippen molar-refractivity contribution in [1.82, 2.24) is 9.71 Å². The topological polar surface area (TPSA) is 79.4 Å². The molecule has 0 aliphatic carbocycles. The van der Waals surface area contributed by atoms with Crippen LogP contribution in [0.25, 0.3) is 0 Å². The minimum absolute atomic E-state index is 0.0377. The number of hydrogen-bond acceptors (Lipinski definition) is 4. The molecule has 3 rings (SSSR count). The number of benzene rings is 1. The van der Waals surface area contributed by atoms with Crippen LogP contribution in [0.5, 0.6) is 0 Å². The van der Waals surface area contributed by atoms with Gasteiger partial charge in [0.25, 0.3) is 0 Å². The zero-order valence-corrected chi connectivity index (χ0v) is 14.3. The van der Waals surface area contributed by atoms with Crippen molar-refractivity contribution in [2.75, 3.05) is 11.4 Å². The van der Waals surface area contributed by atoms with Gasteiger partial charge in [-0.3, -0.25) is 9.69 Å². The Balaban J connectivity index is 1.75. The molecule has 1 aromatic carbocycles. The molecule has 1 fully saturated rings. The van der Waals surface area contributed by atoms with Gasteiger partial charge in [0, 0.05) is 25.7 Å². The van der Waals surface area contributed by atoms with E-state index in [9.17, 15) is 13.2 Å². The normalized spacial score (nSPS) is 15.0. The average molecular weight is 366 g/mol. The molecular weight excluding hydrogens is 350 g/mol. The Kier molecular flexibility index (Phi) is 4.84. The summed E-state index contributed by atoms with van der Waals surface area (Å²) in [6.07, 6.45) is 2.90. The number of nitrogens with zero attached hydrogens (tertiary/aromatic N) is 2. The number of rotatable bonds is 5. The Hall–Kier alpha value is -1.96. The molecule has 24 heavy (non-hydrogen) atoms. The number of pyridine rings is 1. The van der Waals surface area contributed by atoms with E-state index in [1.54, 1.807) is 35.4 Å². The molecule has 0 unspecified atom stereocenters. The first-order valence-electron chi connectivity index (χ1n) is 7.47. The van der Waals surface area contributed by atoms with Crippen LogP contribution < -0.4 is 9.62 Å². The van der Waals surface area contributed by atoms with Crippen LogP contribution >= 0.6 is 11.6 Å². The first-order chi connectivity index (χ1) is 11.5. The van der Waals surface area contributed by atoms with E-state index < -0.39 is 10.0 Å². The van der Waals surface area contributed by atoms with Crippen LogP contribution in [-0.2, 0) is 21.4 Å². The minimum atomic E-state index is -3.71. The van der Waals surface area contributed by atoms with E-state index in [0.29, 0.717) is 18.8 Å². The number of aromatic nitrogens is 1. The van der Waals surface area contributed by atoms with Gasteiger partial charge in [0.1, 0.15) is 10.7 Å². The van der Waals surface area contributed by atoms with Crippen molar-refractivity contribution in [2.45, 2.75) is 24.3 Å². The van der Waals surface area contributed by atoms with Crippen molar-refractivity contribution in [3.63, 3.8) is 0 Å². The van der Waals surface area contributed by atoms with E-state index in [2.05, 4.69) is 9.71 Å². The Bertz CT molecular complexity index is 870. The molecule has 0 radical (unpaired) electrons. The van der Waals surface area contributed by atoms with Crippen molar-refractivity contribution in [1.29, 1.82) is 0 Å². The van der Waals surface area contributed by atoms with Crippen LogP contribution in [-0.4, -0.2) is 25.9 Å². The largest absolute Gasteiger partial charge is 0.297 e. The third kappa shape index (κ3) is 3.58. The molecule has 6 nitrogen and oxygen atoms in total. The molecule has 126 valence electrons. The van der Waals surface area contributed by atoms with E-state index in [-0.39, 0.29) is 22.4 Å².